The summed E-state index contributed by atoms with van der Waals surface area (Å²) in [4.78, 5) is 11.6. The number of nitrogens with one attached hydrogen (secondary N) is 1. The van der Waals surface area contributed by atoms with Crippen molar-refractivity contribution in [2.45, 2.75) is 42.5 Å². The summed E-state index contributed by atoms with van der Waals surface area (Å²) in [5.41, 5.74) is -0.984. The minimum Gasteiger partial charge on any atom is -0.350 e. The first-order valence-electron chi connectivity index (χ1n) is 8.11. The van der Waals surface area contributed by atoms with Crippen molar-refractivity contribution in [3.8, 4) is 0 Å². The first kappa shape index (κ1) is 21.1. The largest absolute Gasteiger partial charge is 0.416 e. The maximum atomic E-state index is 13.3. The van der Waals surface area contributed by atoms with Crippen LogP contribution in [0, 0.1) is 0 Å². The van der Waals surface area contributed by atoms with E-state index in [0.29, 0.717) is 12.5 Å². The van der Waals surface area contributed by atoms with Gasteiger partial charge in [0.05, 0.1) is 15.2 Å². The van der Waals surface area contributed by atoms with Crippen molar-refractivity contribution in [3.05, 3.63) is 53.4 Å². The van der Waals surface area contributed by atoms with Crippen LogP contribution < -0.4 is 5.32 Å². The van der Waals surface area contributed by atoms with Crippen molar-refractivity contribution in [2.75, 3.05) is 6.54 Å². The third-order valence-corrected chi connectivity index (χ3v) is 6.67. The molecule has 0 aromatic heterocycles. The number of sulfone groups is 1. The lowest BCUT2D eigenvalue weighted by molar-refractivity contribution is -0.137. The van der Waals surface area contributed by atoms with Gasteiger partial charge in [-0.25, -0.2) is 12.8 Å². The minimum absolute atomic E-state index is 0.0889. The van der Waals surface area contributed by atoms with Gasteiger partial charge < -0.3 is 5.32 Å². The van der Waals surface area contributed by atoms with Crippen LogP contribution in [0.3, 0.4) is 0 Å². The average Bonchev–Trinajstić information content (AvgIpc) is 2.59. The summed E-state index contributed by atoms with van der Waals surface area (Å²) in [7, 11) is -4.18. The van der Waals surface area contributed by atoms with E-state index in [-0.39, 0.29) is 18.5 Å². The molecule has 0 spiro atoms. The lowest BCUT2D eigenvalue weighted by Gasteiger charge is -2.26. The summed E-state index contributed by atoms with van der Waals surface area (Å²) in [5, 5.41) is 2.41. The molecule has 27 heavy (non-hydrogen) atoms. The van der Waals surface area contributed by atoms with Crippen LogP contribution in [0.4, 0.5) is 17.6 Å². The molecule has 0 heterocycles. The summed E-state index contributed by atoms with van der Waals surface area (Å²) in [5.74, 6) is -1.09. The lowest BCUT2D eigenvalue weighted by Crippen LogP contribution is -2.44. The van der Waals surface area contributed by atoms with Crippen LogP contribution in [-0.4, -0.2) is 25.6 Å². The number of halogens is 4. The Morgan fingerprint density at radius 3 is 2.48 bits per heavy atom. The minimum atomic E-state index is -4.67. The van der Waals surface area contributed by atoms with E-state index >= 15 is 0 Å². The Bertz CT molecular complexity index is 899. The molecule has 1 N–H and O–H groups in total. The SMILES string of the molecule is CC(C)(CNC(=O)C1=CCCC(F)=C1)S(=O)(=O)c1cccc(C(F)(F)F)c1. The summed E-state index contributed by atoms with van der Waals surface area (Å²) < 4.78 is 75.8. The van der Waals surface area contributed by atoms with Crippen LogP contribution in [0.15, 0.2) is 52.7 Å². The van der Waals surface area contributed by atoms with Crippen LogP contribution in [0.2, 0.25) is 0 Å². The van der Waals surface area contributed by atoms with E-state index in [9.17, 15) is 30.8 Å². The van der Waals surface area contributed by atoms with Crippen LogP contribution in [-0.2, 0) is 20.8 Å². The van der Waals surface area contributed by atoms with Crippen molar-refractivity contribution in [3.63, 3.8) is 0 Å². The van der Waals surface area contributed by atoms with Gasteiger partial charge in [0, 0.05) is 18.5 Å². The number of hydrogen-bond acceptors (Lipinski definition) is 3. The van der Waals surface area contributed by atoms with Crippen molar-refractivity contribution < 1.29 is 30.8 Å². The van der Waals surface area contributed by atoms with Crippen LogP contribution in [0.25, 0.3) is 0 Å². The number of hydrogen-bond donors (Lipinski definition) is 1. The van der Waals surface area contributed by atoms with Gasteiger partial charge in [-0.1, -0.05) is 12.1 Å². The highest BCUT2D eigenvalue weighted by Gasteiger charge is 2.38. The average molecular weight is 405 g/mol. The topological polar surface area (TPSA) is 63.2 Å². The number of alkyl halides is 3. The highest BCUT2D eigenvalue weighted by molar-refractivity contribution is 7.92. The van der Waals surface area contributed by atoms with Gasteiger partial charge in [-0.05, 0) is 44.5 Å². The fraction of sp³-hybridized carbons (Fsp3) is 0.389. The van der Waals surface area contributed by atoms with Crippen molar-refractivity contribution in [2.24, 2.45) is 0 Å². The zero-order valence-electron chi connectivity index (χ0n) is 14.7. The molecule has 0 bridgehead atoms. The van der Waals surface area contributed by atoms with Gasteiger partial charge in [-0.2, -0.15) is 13.2 Å². The predicted octanol–water partition coefficient (Wildman–Crippen LogP) is 3.95. The van der Waals surface area contributed by atoms with Gasteiger partial charge in [-0.15, -0.1) is 0 Å². The monoisotopic (exact) mass is 405 g/mol. The second-order valence-electron chi connectivity index (χ2n) is 6.76. The Morgan fingerprint density at radius 2 is 1.89 bits per heavy atom. The fourth-order valence-electron chi connectivity index (χ4n) is 2.47. The van der Waals surface area contributed by atoms with Gasteiger partial charge in [-0.3, -0.25) is 4.79 Å². The van der Waals surface area contributed by atoms with Gasteiger partial charge in [0.1, 0.15) is 5.83 Å². The van der Waals surface area contributed by atoms with Crippen LogP contribution in [0.5, 0.6) is 0 Å². The van der Waals surface area contributed by atoms with Crippen molar-refractivity contribution >= 4 is 15.7 Å². The second-order valence-corrected chi connectivity index (χ2v) is 9.34. The van der Waals surface area contributed by atoms with Crippen molar-refractivity contribution in [1.29, 1.82) is 0 Å². The smallest absolute Gasteiger partial charge is 0.350 e. The first-order chi connectivity index (χ1) is 12.3. The maximum Gasteiger partial charge on any atom is 0.416 e. The molecule has 1 aromatic rings. The van der Waals surface area contributed by atoms with E-state index in [0.717, 1.165) is 24.3 Å². The number of carbonyl (C=O) groups excluding carboxylic acids is 1. The molecule has 0 unspecified atom stereocenters. The van der Waals surface area contributed by atoms with Crippen molar-refractivity contribution in [1.82, 2.24) is 5.32 Å². The highest BCUT2D eigenvalue weighted by Crippen LogP contribution is 2.33. The molecule has 1 amide bonds. The molecule has 1 aliphatic rings. The Labute approximate surface area is 154 Å². The Balaban J connectivity index is 2.20. The number of carbonyl (C=O) groups is 1. The molecule has 0 saturated carbocycles. The quantitative estimate of drug-likeness (QED) is 0.755. The maximum absolute atomic E-state index is 13.3. The number of amides is 1. The predicted molar refractivity (Wildman–Crippen MR) is 92.2 cm³/mol. The van der Waals surface area contributed by atoms with Crippen LogP contribution in [0.1, 0.15) is 32.3 Å². The molecule has 148 valence electrons. The molecule has 9 heteroatoms. The molecular formula is C18H19F4NO3S. The molecule has 1 aliphatic carbocycles. The van der Waals surface area contributed by atoms with E-state index in [4.69, 9.17) is 0 Å². The van der Waals surface area contributed by atoms with E-state index in [1.807, 2.05) is 0 Å². The number of benzene rings is 1. The van der Waals surface area contributed by atoms with E-state index < -0.39 is 43.0 Å². The molecule has 0 atom stereocenters. The first-order valence-corrected chi connectivity index (χ1v) is 9.59. The summed E-state index contributed by atoms with van der Waals surface area (Å²) in [6.45, 7) is 2.25. The molecule has 0 saturated heterocycles. The second kappa shape index (κ2) is 7.46. The zero-order valence-corrected chi connectivity index (χ0v) is 15.5. The molecule has 4 nitrogen and oxygen atoms in total. The van der Waals surface area contributed by atoms with Gasteiger partial charge in [0.2, 0.25) is 0 Å². The molecule has 0 fully saturated rings. The molecule has 0 aliphatic heterocycles. The van der Waals surface area contributed by atoms with Crippen LogP contribution >= 0.6 is 0 Å². The van der Waals surface area contributed by atoms with E-state index in [2.05, 4.69) is 5.32 Å². The van der Waals surface area contributed by atoms with Gasteiger partial charge in [0.15, 0.2) is 9.84 Å². The highest BCUT2D eigenvalue weighted by atomic mass is 32.2. The van der Waals surface area contributed by atoms with E-state index in [1.54, 1.807) is 0 Å². The molecular weight excluding hydrogens is 386 g/mol. The number of allylic oxidation sites excluding steroid dienone is 2. The van der Waals surface area contributed by atoms with Gasteiger partial charge in [0.25, 0.3) is 5.91 Å². The summed E-state index contributed by atoms with van der Waals surface area (Å²) >= 11 is 0. The number of rotatable bonds is 5. The summed E-state index contributed by atoms with van der Waals surface area (Å²) in [6.07, 6.45) is -1.50. The molecule has 2 rings (SSSR count). The zero-order chi connectivity index (χ0) is 20.5. The Morgan fingerprint density at radius 1 is 1.22 bits per heavy atom. The third kappa shape index (κ3) is 4.77. The molecule has 1 aromatic carbocycles. The van der Waals surface area contributed by atoms with Gasteiger partial charge >= 0.3 is 6.18 Å². The normalized spacial score (nSPS) is 15.8. The Kier molecular flexibility index (Phi) is 5.84. The lowest BCUT2D eigenvalue weighted by atomic mass is 10.1. The Hall–Kier alpha value is -2.16. The standard InChI is InChI=1S/C18H19F4NO3S/c1-17(2,11-23-16(24)12-5-3-7-14(19)9-12)27(25,26)15-8-4-6-13(10-15)18(20,21)22/h4-6,8-10H,3,7,11H2,1-2H3,(H,23,24). The third-order valence-electron chi connectivity index (χ3n) is 4.20. The molecule has 0 radical (unpaired) electrons. The summed E-state index contributed by atoms with van der Waals surface area (Å²) in [6, 6.07) is 3.45. The fourth-order valence-corrected chi connectivity index (χ4v) is 3.91. The van der Waals surface area contributed by atoms with E-state index in [1.165, 1.54) is 19.9 Å².